The Hall–Kier alpha value is -4.93. The number of benzene rings is 4. The van der Waals surface area contributed by atoms with Gasteiger partial charge < -0.3 is 15.0 Å². The number of likely N-dealkylation sites (tertiary alicyclic amines) is 1. The third kappa shape index (κ3) is 6.40. The third-order valence-electron chi connectivity index (χ3n) is 8.47. The van der Waals surface area contributed by atoms with Gasteiger partial charge in [0.15, 0.2) is 5.88 Å². The molecular weight excluding hydrogens is 598 g/mol. The molecule has 9 nitrogen and oxygen atoms in total. The molecule has 2 heterocycles. The summed E-state index contributed by atoms with van der Waals surface area (Å²) in [6, 6.07) is 30.4. The fourth-order valence-electron chi connectivity index (χ4n) is 5.79. The van der Waals surface area contributed by atoms with Gasteiger partial charge in [-0.25, -0.2) is 13.4 Å². The molecule has 0 aliphatic carbocycles. The van der Waals surface area contributed by atoms with Crippen molar-refractivity contribution in [1.82, 2.24) is 9.88 Å². The number of aromatic nitrogens is 1. The molecule has 236 valence electrons. The van der Waals surface area contributed by atoms with Crippen molar-refractivity contribution >= 4 is 49.6 Å². The fourth-order valence-corrected chi connectivity index (χ4v) is 7.00. The van der Waals surface area contributed by atoms with Crippen LogP contribution in [0.5, 0.6) is 5.88 Å². The van der Waals surface area contributed by atoms with Crippen LogP contribution in [0.25, 0.3) is 10.9 Å². The van der Waals surface area contributed by atoms with Gasteiger partial charge in [-0.15, -0.1) is 0 Å². The quantitative estimate of drug-likeness (QED) is 0.184. The molecule has 0 unspecified atom stereocenters. The minimum absolute atomic E-state index is 0.0434. The van der Waals surface area contributed by atoms with Crippen LogP contribution in [0.1, 0.15) is 30.4 Å². The SMILES string of the molecule is CN(C(=O)CN1CCCCC1)c1ccc(N=C(c2ccccc2)c2c(O)[nH]c3ccc(N(C)S(=O)(=O)c4ccccc4)cc23)cc1. The topological polar surface area (TPSA) is 109 Å². The zero-order chi connectivity index (χ0) is 32.3. The minimum Gasteiger partial charge on any atom is -0.494 e. The molecule has 4 aromatic carbocycles. The van der Waals surface area contributed by atoms with Crippen LogP contribution in [0.3, 0.4) is 0 Å². The zero-order valence-electron chi connectivity index (χ0n) is 25.9. The molecule has 1 saturated heterocycles. The molecule has 1 aliphatic heterocycles. The highest BCUT2D eigenvalue weighted by Crippen LogP contribution is 2.35. The zero-order valence-corrected chi connectivity index (χ0v) is 26.7. The molecule has 2 N–H and O–H groups in total. The second kappa shape index (κ2) is 13.2. The Morgan fingerprint density at radius 2 is 1.48 bits per heavy atom. The van der Waals surface area contributed by atoms with Gasteiger partial charge in [0.1, 0.15) is 0 Å². The van der Waals surface area contributed by atoms with E-state index in [-0.39, 0.29) is 16.7 Å². The number of H-pyrrole nitrogens is 1. The second-order valence-electron chi connectivity index (χ2n) is 11.5. The maximum atomic E-state index is 13.4. The van der Waals surface area contributed by atoms with Crippen LogP contribution in [0, 0.1) is 0 Å². The number of nitrogens with zero attached hydrogens (tertiary/aromatic N) is 4. The van der Waals surface area contributed by atoms with E-state index in [1.807, 2.05) is 54.6 Å². The van der Waals surface area contributed by atoms with Gasteiger partial charge in [0.25, 0.3) is 10.0 Å². The number of hydrogen-bond acceptors (Lipinski definition) is 6. The molecule has 5 aromatic rings. The minimum atomic E-state index is -3.81. The molecule has 0 spiro atoms. The predicted octanol–water partition coefficient (Wildman–Crippen LogP) is 6.32. The summed E-state index contributed by atoms with van der Waals surface area (Å²) in [5.74, 6) is -0.0372. The summed E-state index contributed by atoms with van der Waals surface area (Å²) in [5.41, 5.74) is 4.20. The Balaban J connectivity index is 1.35. The maximum absolute atomic E-state index is 13.4. The fraction of sp³-hybridized carbons (Fsp3) is 0.222. The van der Waals surface area contributed by atoms with Crippen molar-refractivity contribution in [2.75, 3.05) is 42.9 Å². The molecule has 0 saturated carbocycles. The number of aromatic amines is 1. The summed E-state index contributed by atoms with van der Waals surface area (Å²) < 4.78 is 28.0. The lowest BCUT2D eigenvalue weighted by atomic mass is 10.0. The lowest BCUT2D eigenvalue weighted by Crippen LogP contribution is -2.40. The largest absolute Gasteiger partial charge is 0.494 e. The summed E-state index contributed by atoms with van der Waals surface area (Å²) in [6.45, 7) is 2.31. The number of fused-ring (bicyclic) bond motifs is 1. The van der Waals surface area contributed by atoms with E-state index in [0.29, 0.717) is 40.1 Å². The predicted molar refractivity (Wildman–Crippen MR) is 184 cm³/mol. The van der Waals surface area contributed by atoms with Crippen LogP contribution in [0.4, 0.5) is 17.1 Å². The van der Waals surface area contributed by atoms with Crippen molar-refractivity contribution < 1.29 is 18.3 Å². The molecule has 0 bridgehead atoms. The van der Waals surface area contributed by atoms with Crippen LogP contribution < -0.4 is 9.21 Å². The highest BCUT2D eigenvalue weighted by atomic mass is 32.2. The normalized spacial score (nSPS) is 14.3. The number of amides is 1. The number of sulfonamides is 1. The Bertz CT molecular complexity index is 1970. The first-order chi connectivity index (χ1) is 22.2. The van der Waals surface area contributed by atoms with E-state index >= 15 is 0 Å². The van der Waals surface area contributed by atoms with Crippen molar-refractivity contribution in [2.45, 2.75) is 24.2 Å². The number of aromatic hydroxyl groups is 1. The number of carbonyl (C=O) groups excluding carboxylic acids is 1. The summed E-state index contributed by atoms with van der Waals surface area (Å²) in [4.78, 5) is 25.1. The number of piperidine rings is 1. The van der Waals surface area contributed by atoms with Crippen LogP contribution in [-0.4, -0.2) is 68.8 Å². The van der Waals surface area contributed by atoms with Crippen molar-refractivity contribution in [3.05, 3.63) is 114 Å². The molecule has 10 heteroatoms. The molecule has 1 amide bonds. The van der Waals surface area contributed by atoms with Gasteiger partial charge in [-0.3, -0.25) is 14.0 Å². The molecule has 1 fully saturated rings. The van der Waals surface area contributed by atoms with Crippen molar-refractivity contribution in [1.29, 1.82) is 0 Å². The summed E-state index contributed by atoms with van der Waals surface area (Å²) in [6.07, 6.45) is 3.48. The highest BCUT2D eigenvalue weighted by Gasteiger charge is 2.24. The molecule has 46 heavy (non-hydrogen) atoms. The second-order valence-corrected chi connectivity index (χ2v) is 13.5. The van der Waals surface area contributed by atoms with Gasteiger partial charge in [-0.05, 0) is 80.5 Å². The number of aliphatic imine (C=N–C) groups is 1. The van der Waals surface area contributed by atoms with Gasteiger partial charge in [0.05, 0.1) is 34.1 Å². The summed E-state index contributed by atoms with van der Waals surface area (Å²) >= 11 is 0. The Morgan fingerprint density at radius 1 is 0.848 bits per heavy atom. The Morgan fingerprint density at radius 3 is 2.15 bits per heavy atom. The van der Waals surface area contributed by atoms with Crippen molar-refractivity contribution in [2.24, 2.45) is 4.99 Å². The first-order valence-corrected chi connectivity index (χ1v) is 16.8. The van der Waals surface area contributed by atoms with E-state index in [4.69, 9.17) is 4.99 Å². The Kier molecular flexibility index (Phi) is 8.92. The van der Waals surface area contributed by atoms with Gasteiger partial charge in [-0.2, -0.15) is 0 Å². The number of anilines is 2. The number of rotatable bonds is 9. The van der Waals surface area contributed by atoms with E-state index in [1.165, 1.54) is 17.8 Å². The van der Waals surface area contributed by atoms with E-state index in [1.54, 1.807) is 60.5 Å². The number of hydrogen-bond donors (Lipinski definition) is 2. The monoisotopic (exact) mass is 635 g/mol. The van der Waals surface area contributed by atoms with E-state index < -0.39 is 10.0 Å². The molecule has 1 aliphatic rings. The highest BCUT2D eigenvalue weighted by molar-refractivity contribution is 7.92. The lowest BCUT2D eigenvalue weighted by molar-refractivity contribution is -0.119. The lowest BCUT2D eigenvalue weighted by Gasteiger charge is -2.28. The summed E-state index contributed by atoms with van der Waals surface area (Å²) in [7, 11) is -0.514. The number of likely N-dealkylation sites (N-methyl/N-ethyl adjacent to an activating group) is 1. The van der Waals surface area contributed by atoms with E-state index in [2.05, 4.69) is 9.88 Å². The van der Waals surface area contributed by atoms with Crippen LogP contribution >= 0.6 is 0 Å². The van der Waals surface area contributed by atoms with Gasteiger partial charge >= 0.3 is 0 Å². The standard InChI is InChI=1S/C36H37N5O4S/c1-39(33(42)25-41-22-10-5-11-23-41)28-18-16-27(17-19-28)37-35(26-12-6-3-7-13-26)34-31-24-29(20-21-32(31)38-36(34)43)40(2)46(44,45)30-14-8-4-9-15-30/h3-4,6-9,12-21,24,38,43H,5,10-11,22-23,25H2,1-2H3. The molecule has 1 aromatic heterocycles. The molecule has 0 atom stereocenters. The van der Waals surface area contributed by atoms with E-state index in [9.17, 15) is 18.3 Å². The first-order valence-electron chi connectivity index (χ1n) is 15.3. The average molecular weight is 636 g/mol. The van der Waals surface area contributed by atoms with Crippen LogP contribution in [0.15, 0.2) is 113 Å². The van der Waals surface area contributed by atoms with Crippen molar-refractivity contribution in [3.8, 4) is 5.88 Å². The van der Waals surface area contributed by atoms with Gasteiger partial charge in [0, 0.05) is 36.2 Å². The molecule has 0 radical (unpaired) electrons. The maximum Gasteiger partial charge on any atom is 0.264 e. The number of nitrogens with one attached hydrogen (secondary N) is 1. The first kappa shape index (κ1) is 31.1. The summed E-state index contributed by atoms with van der Waals surface area (Å²) in [5, 5.41) is 11.8. The Labute approximate surface area is 269 Å². The molecular formula is C36H37N5O4S. The molecule has 6 rings (SSSR count). The van der Waals surface area contributed by atoms with Gasteiger partial charge in [-0.1, -0.05) is 55.0 Å². The van der Waals surface area contributed by atoms with Crippen molar-refractivity contribution in [3.63, 3.8) is 0 Å². The smallest absolute Gasteiger partial charge is 0.264 e. The van der Waals surface area contributed by atoms with Crippen LogP contribution in [0.2, 0.25) is 0 Å². The van der Waals surface area contributed by atoms with Gasteiger partial charge in [0.2, 0.25) is 5.91 Å². The average Bonchev–Trinajstić information content (AvgIpc) is 3.42. The van der Waals surface area contributed by atoms with Crippen LogP contribution in [-0.2, 0) is 14.8 Å². The number of carbonyl (C=O) groups is 1. The third-order valence-corrected chi connectivity index (χ3v) is 10.3. The van der Waals surface area contributed by atoms with E-state index in [0.717, 1.165) is 37.2 Å².